The molecule has 0 aliphatic carbocycles. The van der Waals surface area contributed by atoms with E-state index in [9.17, 15) is 15.0 Å². The standard InChI is InChI=1S/C18H23N3O3/c1-4-21(5-2)14-6-7-17(12(3)8-14)20-18(24)19-13-9-15(22)11-16(23)10-13/h6-11,22-23H,4-5H2,1-3H3,(H2,19,20,24). The van der Waals surface area contributed by atoms with Crippen LogP contribution >= 0.6 is 0 Å². The summed E-state index contributed by atoms with van der Waals surface area (Å²) in [6, 6.07) is 9.32. The van der Waals surface area contributed by atoms with Crippen LogP contribution in [0.3, 0.4) is 0 Å². The lowest BCUT2D eigenvalue weighted by atomic mass is 10.1. The summed E-state index contributed by atoms with van der Waals surface area (Å²) in [5, 5.41) is 24.2. The molecule has 0 aliphatic rings. The van der Waals surface area contributed by atoms with E-state index in [1.165, 1.54) is 18.2 Å². The van der Waals surface area contributed by atoms with Gasteiger partial charge >= 0.3 is 6.03 Å². The molecule has 2 rings (SSSR count). The highest BCUT2D eigenvalue weighted by molar-refractivity contribution is 6.00. The van der Waals surface area contributed by atoms with Crippen molar-refractivity contribution in [2.24, 2.45) is 0 Å². The van der Waals surface area contributed by atoms with Crippen molar-refractivity contribution in [3.8, 4) is 11.5 Å². The van der Waals surface area contributed by atoms with Gasteiger partial charge in [0.05, 0.1) is 0 Å². The molecule has 0 saturated carbocycles. The SMILES string of the molecule is CCN(CC)c1ccc(NC(=O)Nc2cc(O)cc(O)c2)c(C)c1. The Balaban J connectivity index is 2.08. The summed E-state index contributed by atoms with van der Waals surface area (Å²) in [4.78, 5) is 14.3. The van der Waals surface area contributed by atoms with Crippen LogP contribution in [-0.2, 0) is 0 Å². The van der Waals surface area contributed by atoms with E-state index in [1.54, 1.807) is 0 Å². The molecular weight excluding hydrogens is 306 g/mol. The van der Waals surface area contributed by atoms with E-state index in [1.807, 2.05) is 25.1 Å². The maximum absolute atomic E-state index is 12.1. The van der Waals surface area contributed by atoms with Crippen molar-refractivity contribution in [1.82, 2.24) is 0 Å². The van der Waals surface area contributed by atoms with Gasteiger partial charge in [0.1, 0.15) is 11.5 Å². The predicted molar refractivity (Wildman–Crippen MR) is 97.2 cm³/mol. The Kier molecular flexibility index (Phi) is 5.52. The molecule has 0 fully saturated rings. The fourth-order valence-electron chi connectivity index (χ4n) is 2.53. The van der Waals surface area contributed by atoms with Crippen LogP contribution in [0.4, 0.5) is 21.9 Å². The van der Waals surface area contributed by atoms with E-state index in [4.69, 9.17) is 0 Å². The zero-order valence-corrected chi connectivity index (χ0v) is 14.1. The molecule has 4 N–H and O–H groups in total. The first-order valence-electron chi connectivity index (χ1n) is 7.89. The number of nitrogens with zero attached hydrogens (tertiary/aromatic N) is 1. The topological polar surface area (TPSA) is 84.8 Å². The summed E-state index contributed by atoms with van der Waals surface area (Å²) >= 11 is 0. The largest absolute Gasteiger partial charge is 0.508 e. The van der Waals surface area contributed by atoms with Crippen LogP contribution < -0.4 is 15.5 Å². The minimum absolute atomic E-state index is 0.120. The number of urea groups is 1. The Morgan fingerprint density at radius 1 is 1.00 bits per heavy atom. The lowest BCUT2D eigenvalue weighted by Gasteiger charge is -2.22. The average Bonchev–Trinajstić information content (AvgIpc) is 2.50. The zero-order valence-electron chi connectivity index (χ0n) is 14.1. The highest BCUT2D eigenvalue weighted by Crippen LogP contribution is 2.25. The number of rotatable bonds is 5. The first kappa shape index (κ1) is 17.5. The minimum Gasteiger partial charge on any atom is -0.508 e. The number of carbonyl (C=O) groups is 1. The van der Waals surface area contributed by atoms with Gasteiger partial charge in [0, 0.05) is 48.4 Å². The molecule has 128 valence electrons. The molecule has 2 aromatic rings. The lowest BCUT2D eigenvalue weighted by molar-refractivity contribution is 0.262. The molecule has 0 aliphatic heterocycles. The molecule has 0 spiro atoms. The molecule has 0 radical (unpaired) electrons. The Hall–Kier alpha value is -2.89. The molecule has 0 aromatic heterocycles. The fourth-order valence-corrected chi connectivity index (χ4v) is 2.53. The van der Waals surface area contributed by atoms with E-state index in [-0.39, 0.29) is 11.5 Å². The normalized spacial score (nSPS) is 10.3. The molecule has 0 heterocycles. The molecule has 2 amide bonds. The van der Waals surface area contributed by atoms with E-state index in [0.717, 1.165) is 24.3 Å². The quantitative estimate of drug-likeness (QED) is 0.670. The van der Waals surface area contributed by atoms with E-state index in [0.29, 0.717) is 11.4 Å². The van der Waals surface area contributed by atoms with Crippen molar-refractivity contribution in [3.63, 3.8) is 0 Å². The van der Waals surface area contributed by atoms with Gasteiger partial charge in [-0.3, -0.25) is 0 Å². The molecule has 0 bridgehead atoms. The number of anilines is 3. The van der Waals surface area contributed by atoms with Crippen LogP contribution in [0.2, 0.25) is 0 Å². The lowest BCUT2D eigenvalue weighted by Crippen LogP contribution is -2.22. The van der Waals surface area contributed by atoms with Gasteiger partial charge in [0.15, 0.2) is 0 Å². The summed E-state index contributed by atoms with van der Waals surface area (Å²) in [5.74, 6) is -0.241. The van der Waals surface area contributed by atoms with Gasteiger partial charge in [-0.05, 0) is 44.5 Å². The summed E-state index contributed by atoms with van der Waals surface area (Å²) in [6.07, 6.45) is 0. The number of benzene rings is 2. The molecule has 0 atom stereocenters. The zero-order chi connectivity index (χ0) is 17.7. The smallest absolute Gasteiger partial charge is 0.323 e. The second-order valence-electron chi connectivity index (χ2n) is 5.49. The molecule has 2 aromatic carbocycles. The second-order valence-corrected chi connectivity index (χ2v) is 5.49. The maximum atomic E-state index is 12.1. The molecule has 24 heavy (non-hydrogen) atoms. The number of carbonyl (C=O) groups excluding carboxylic acids is 1. The van der Waals surface area contributed by atoms with Gasteiger partial charge < -0.3 is 25.7 Å². The van der Waals surface area contributed by atoms with E-state index < -0.39 is 6.03 Å². The maximum Gasteiger partial charge on any atom is 0.323 e. The summed E-state index contributed by atoms with van der Waals surface area (Å²) in [5.41, 5.74) is 3.07. The van der Waals surface area contributed by atoms with Gasteiger partial charge in [-0.15, -0.1) is 0 Å². The Morgan fingerprint density at radius 2 is 1.62 bits per heavy atom. The van der Waals surface area contributed by atoms with Crippen molar-refractivity contribution >= 4 is 23.1 Å². The first-order valence-corrected chi connectivity index (χ1v) is 7.89. The fraction of sp³-hybridized carbons (Fsp3) is 0.278. The number of amides is 2. The number of phenolic OH excluding ortho intramolecular Hbond substituents is 2. The van der Waals surface area contributed by atoms with Gasteiger partial charge in [-0.25, -0.2) is 4.79 Å². The van der Waals surface area contributed by atoms with Crippen molar-refractivity contribution in [2.75, 3.05) is 28.6 Å². The highest BCUT2D eigenvalue weighted by Gasteiger charge is 2.09. The Bertz CT molecular complexity index is 707. The third kappa shape index (κ3) is 4.32. The molecule has 0 saturated heterocycles. The van der Waals surface area contributed by atoms with Crippen molar-refractivity contribution in [2.45, 2.75) is 20.8 Å². The third-order valence-electron chi connectivity index (χ3n) is 3.75. The summed E-state index contributed by atoms with van der Waals surface area (Å²) in [6.45, 7) is 7.98. The van der Waals surface area contributed by atoms with Crippen LogP contribution in [0.15, 0.2) is 36.4 Å². The molecule has 6 heteroatoms. The van der Waals surface area contributed by atoms with Crippen molar-refractivity contribution in [1.29, 1.82) is 0 Å². The van der Waals surface area contributed by atoms with Gasteiger partial charge in [0.2, 0.25) is 0 Å². The van der Waals surface area contributed by atoms with E-state index in [2.05, 4.69) is 29.4 Å². The van der Waals surface area contributed by atoms with Gasteiger partial charge in [-0.2, -0.15) is 0 Å². The Labute approximate surface area is 141 Å². The number of phenols is 2. The average molecular weight is 329 g/mol. The number of hydrogen-bond acceptors (Lipinski definition) is 4. The van der Waals surface area contributed by atoms with E-state index >= 15 is 0 Å². The Morgan fingerprint density at radius 3 is 2.17 bits per heavy atom. The minimum atomic E-state index is -0.446. The highest BCUT2D eigenvalue weighted by atomic mass is 16.3. The summed E-state index contributed by atoms with van der Waals surface area (Å²) < 4.78 is 0. The van der Waals surface area contributed by atoms with Crippen LogP contribution in [0.25, 0.3) is 0 Å². The number of aromatic hydroxyl groups is 2. The van der Waals surface area contributed by atoms with Gasteiger partial charge in [0.25, 0.3) is 0 Å². The monoisotopic (exact) mass is 329 g/mol. The first-order chi connectivity index (χ1) is 11.4. The van der Waals surface area contributed by atoms with Crippen LogP contribution in [0.5, 0.6) is 11.5 Å². The molecule has 0 unspecified atom stereocenters. The third-order valence-corrected chi connectivity index (χ3v) is 3.75. The van der Waals surface area contributed by atoms with Crippen LogP contribution in [0.1, 0.15) is 19.4 Å². The summed E-state index contributed by atoms with van der Waals surface area (Å²) in [7, 11) is 0. The van der Waals surface area contributed by atoms with Crippen molar-refractivity contribution < 1.29 is 15.0 Å². The number of aryl methyl sites for hydroxylation is 1. The number of hydrogen-bond donors (Lipinski definition) is 4. The van der Waals surface area contributed by atoms with Crippen LogP contribution in [-0.4, -0.2) is 29.3 Å². The molecular formula is C18H23N3O3. The van der Waals surface area contributed by atoms with Crippen molar-refractivity contribution in [3.05, 3.63) is 42.0 Å². The molecule has 6 nitrogen and oxygen atoms in total. The predicted octanol–water partition coefficient (Wildman–Crippen LogP) is 3.90. The van der Waals surface area contributed by atoms with Crippen LogP contribution in [0, 0.1) is 6.92 Å². The second kappa shape index (κ2) is 7.59. The number of nitrogens with one attached hydrogen (secondary N) is 2. The van der Waals surface area contributed by atoms with Gasteiger partial charge in [-0.1, -0.05) is 0 Å².